The number of anilines is 2. The van der Waals surface area contributed by atoms with Crippen LogP contribution in [0.15, 0.2) is 18.2 Å². The topological polar surface area (TPSA) is 72.6 Å². The van der Waals surface area contributed by atoms with Gasteiger partial charge in [-0.3, -0.25) is 14.5 Å². The minimum absolute atomic E-state index is 0.00831. The van der Waals surface area contributed by atoms with Crippen molar-refractivity contribution in [1.29, 1.82) is 0 Å². The highest BCUT2D eigenvalue weighted by atomic mass is 16.5. The number of fused-ring (bicyclic) bond motifs is 2. The van der Waals surface area contributed by atoms with E-state index in [1.165, 1.54) is 12.0 Å². The van der Waals surface area contributed by atoms with Gasteiger partial charge in [0.2, 0.25) is 11.8 Å². The molecule has 2 unspecified atom stereocenters. The molecule has 2 N–H and O–H groups in total. The summed E-state index contributed by atoms with van der Waals surface area (Å²) in [5, 5.41) is 0. The number of piperidine rings is 1. The summed E-state index contributed by atoms with van der Waals surface area (Å²) < 4.78 is 5.08. The van der Waals surface area contributed by atoms with Gasteiger partial charge in [0.25, 0.3) is 0 Å². The number of nitrogens with two attached hydrogens (primary N) is 1. The normalized spacial score (nSPS) is 25.8. The highest BCUT2D eigenvalue weighted by molar-refractivity contribution is 6.18. The van der Waals surface area contributed by atoms with E-state index in [0.717, 1.165) is 12.8 Å². The molecule has 2 aliphatic rings. The Hall–Kier alpha value is -2.04. The van der Waals surface area contributed by atoms with Crippen LogP contribution in [-0.2, 0) is 9.59 Å². The first-order chi connectivity index (χ1) is 9.11. The fraction of sp³-hybridized carbons (Fsp3) is 0.429. The lowest BCUT2D eigenvalue weighted by Gasteiger charge is -2.29. The zero-order valence-electron chi connectivity index (χ0n) is 10.8. The number of ether oxygens (including phenoxy) is 1. The van der Waals surface area contributed by atoms with Gasteiger partial charge in [-0.1, -0.05) is 0 Å². The van der Waals surface area contributed by atoms with Crippen LogP contribution in [0.2, 0.25) is 0 Å². The van der Waals surface area contributed by atoms with Gasteiger partial charge in [-0.15, -0.1) is 0 Å². The SMILES string of the molecule is COc1ccc(N2C(=O)C3CCC(C3)C2=O)cc1N. The van der Waals surface area contributed by atoms with Crippen LogP contribution >= 0.6 is 0 Å². The number of carbonyl (C=O) groups excluding carboxylic acids is 2. The molecule has 100 valence electrons. The molecule has 2 amide bonds. The highest BCUT2D eigenvalue weighted by Gasteiger charge is 2.45. The number of methoxy groups -OCH3 is 1. The zero-order chi connectivity index (χ0) is 13.6. The van der Waals surface area contributed by atoms with Crippen molar-refractivity contribution >= 4 is 23.2 Å². The molecule has 1 aliphatic carbocycles. The maximum absolute atomic E-state index is 12.3. The van der Waals surface area contributed by atoms with E-state index in [1.54, 1.807) is 18.2 Å². The van der Waals surface area contributed by atoms with E-state index in [-0.39, 0.29) is 23.7 Å². The summed E-state index contributed by atoms with van der Waals surface area (Å²) in [6, 6.07) is 5.01. The molecular weight excluding hydrogens is 244 g/mol. The van der Waals surface area contributed by atoms with E-state index in [0.29, 0.717) is 23.5 Å². The summed E-state index contributed by atoms with van der Waals surface area (Å²) in [4.78, 5) is 25.9. The molecule has 1 aromatic carbocycles. The molecule has 0 aromatic heterocycles. The molecular formula is C14H16N2O3. The van der Waals surface area contributed by atoms with Crippen LogP contribution in [0.5, 0.6) is 5.75 Å². The molecule has 3 rings (SSSR count). The Morgan fingerprint density at radius 1 is 1.21 bits per heavy atom. The van der Waals surface area contributed by atoms with Gasteiger partial charge in [0, 0.05) is 11.8 Å². The van der Waals surface area contributed by atoms with Crippen molar-refractivity contribution in [3.8, 4) is 5.75 Å². The molecule has 5 heteroatoms. The predicted molar refractivity (Wildman–Crippen MR) is 70.7 cm³/mol. The van der Waals surface area contributed by atoms with Crippen molar-refractivity contribution in [2.24, 2.45) is 11.8 Å². The second-order valence-electron chi connectivity index (χ2n) is 5.15. The van der Waals surface area contributed by atoms with Gasteiger partial charge in [-0.05, 0) is 37.5 Å². The lowest BCUT2D eigenvalue weighted by molar-refractivity contribution is -0.132. The number of hydrogen-bond donors (Lipinski definition) is 1. The van der Waals surface area contributed by atoms with E-state index in [2.05, 4.69) is 0 Å². The van der Waals surface area contributed by atoms with Crippen molar-refractivity contribution in [3.63, 3.8) is 0 Å². The van der Waals surface area contributed by atoms with E-state index < -0.39 is 0 Å². The summed E-state index contributed by atoms with van der Waals surface area (Å²) in [6.07, 6.45) is 2.34. The van der Waals surface area contributed by atoms with Gasteiger partial charge in [-0.25, -0.2) is 0 Å². The minimum atomic E-state index is -0.0942. The molecule has 2 fully saturated rings. The molecule has 0 spiro atoms. The number of imide groups is 1. The second kappa shape index (κ2) is 4.26. The van der Waals surface area contributed by atoms with E-state index in [1.807, 2.05) is 0 Å². The summed E-state index contributed by atoms with van der Waals surface area (Å²) in [5.74, 6) is 0.340. The predicted octanol–water partition coefficient (Wildman–Crippen LogP) is 1.57. The Balaban J connectivity index is 1.99. The number of benzene rings is 1. The summed E-state index contributed by atoms with van der Waals surface area (Å²) in [6.45, 7) is 0. The van der Waals surface area contributed by atoms with Gasteiger partial charge in [-0.2, -0.15) is 0 Å². The number of amides is 2. The third kappa shape index (κ3) is 1.77. The van der Waals surface area contributed by atoms with Gasteiger partial charge in [0.05, 0.1) is 18.5 Å². The lowest BCUT2D eigenvalue weighted by Crippen LogP contribution is -2.46. The van der Waals surface area contributed by atoms with E-state index in [4.69, 9.17) is 10.5 Å². The molecule has 0 radical (unpaired) electrons. The molecule has 1 aromatic rings. The van der Waals surface area contributed by atoms with Gasteiger partial charge >= 0.3 is 0 Å². The Kier molecular flexibility index (Phi) is 2.69. The fourth-order valence-corrected chi connectivity index (χ4v) is 3.02. The number of rotatable bonds is 2. The first kappa shape index (κ1) is 12.0. The third-order valence-corrected chi connectivity index (χ3v) is 4.04. The number of nitrogen functional groups attached to an aromatic ring is 1. The molecule has 1 aliphatic heterocycles. The van der Waals surface area contributed by atoms with Crippen molar-refractivity contribution < 1.29 is 14.3 Å². The van der Waals surface area contributed by atoms with Gasteiger partial charge in [0.1, 0.15) is 5.75 Å². The van der Waals surface area contributed by atoms with Crippen LogP contribution in [0.25, 0.3) is 0 Å². The summed E-state index contributed by atoms with van der Waals surface area (Å²) in [5.41, 5.74) is 6.82. The zero-order valence-corrected chi connectivity index (χ0v) is 10.8. The van der Waals surface area contributed by atoms with Crippen LogP contribution in [0.1, 0.15) is 19.3 Å². The largest absolute Gasteiger partial charge is 0.495 e. The molecule has 1 heterocycles. The number of nitrogens with zero attached hydrogens (tertiary/aromatic N) is 1. The average Bonchev–Trinajstić information content (AvgIpc) is 2.84. The van der Waals surface area contributed by atoms with Gasteiger partial charge in [0.15, 0.2) is 0 Å². The first-order valence-corrected chi connectivity index (χ1v) is 6.43. The Bertz CT molecular complexity index is 534. The second-order valence-corrected chi connectivity index (χ2v) is 5.15. The summed E-state index contributed by atoms with van der Waals surface area (Å²) in [7, 11) is 1.53. The third-order valence-electron chi connectivity index (χ3n) is 4.04. The maximum Gasteiger partial charge on any atom is 0.236 e. The Morgan fingerprint density at radius 2 is 1.84 bits per heavy atom. The van der Waals surface area contributed by atoms with Crippen molar-refractivity contribution in [2.45, 2.75) is 19.3 Å². The monoisotopic (exact) mass is 260 g/mol. The van der Waals surface area contributed by atoms with Crippen molar-refractivity contribution in [3.05, 3.63) is 18.2 Å². The van der Waals surface area contributed by atoms with Crippen molar-refractivity contribution in [1.82, 2.24) is 0 Å². The molecule has 1 saturated carbocycles. The average molecular weight is 260 g/mol. The lowest BCUT2D eigenvalue weighted by atomic mass is 9.96. The maximum atomic E-state index is 12.3. The Morgan fingerprint density at radius 3 is 2.37 bits per heavy atom. The minimum Gasteiger partial charge on any atom is -0.495 e. The van der Waals surface area contributed by atoms with Gasteiger partial charge < -0.3 is 10.5 Å². The Labute approximate surface area is 111 Å². The summed E-state index contributed by atoms with van der Waals surface area (Å²) >= 11 is 0. The van der Waals surface area contributed by atoms with Crippen LogP contribution in [-0.4, -0.2) is 18.9 Å². The van der Waals surface area contributed by atoms with Crippen LogP contribution in [0.3, 0.4) is 0 Å². The molecule has 19 heavy (non-hydrogen) atoms. The standard InChI is InChI=1S/C14H16N2O3/c1-19-12-5-4-10(7-11(12)15)16-13(17)8-2-3-9(6-8)14(16)18/h4-5,7-9H,2-3,6,15H2,1H3. The molecule has 5 nitrogen and oxygen atoms in total. The number of hydrogen-bond acceptors (Lipinski definition) is 4. The quantitative estimate of drug-likeness (QED) is 0.647. The molecule has 2 atom stereocenters. The number of carbonyl (C=O) groups is 2. The van der Waals surface area contributed by atoms with E-state index in [9.17, 15) is 9.59 Å². The smallest absolute Gasteiger partial charge is 0.236 e. The highest BCUT2D eigenvalue weighted by Crippen LogP contribution is 2.40. The van der Waals surface area contributed by atoms with Crippen LogP contribution in [0.4, 0.5) is 11.4 Å². The van der Waals surface area contributed by atoms with Crippen LogP contribution in [0, 0.1) is 11.8 Å². The van der Waals surface area contributed by atoms with Crippen molar-refractivity contribution in [2.75, 3.05) is 17.7 Å². The fourth-order valence-electron chi connectivity index (χ4n) is 3.02. The first-order valence-electron chi connectivity index (χ1n) is 6.43. The van der Waals surface area contributed by atoms with E-state index >= 15 is 0 Å². The molecule has 1 saturated heterocycles. The van der Waals surface area contributed by atoms with Crippen LogP contribution < -0.4 is 15.4 Å². The molecule has 2 bridgehead atoms.